The number of esters is 1. The molecule has 0 spiro atoms. The third-order valence-corrected chi connectivity index (χ3v) is 6.13. The van der Waals surface area contributed by atoms with Crippen LogP contribution < -0.4 is 5.32 Å². The molecule has 1 aliphatic heterocycles. The van der Waals surface area contributed by atoms with E-state index in [9.17, 15) is 19.5 Å². The van der Waals surface area contributed by atoms with E-state index in [2.05, 4.69) is 5.32 Å². The van der Waals surface area contributed by atoms with Gasteiger partial charge in [-0.05, 0) is 43.6 Å². The van der Waals surface area contributed by atoms with Crippen LogP contribution in [0.3, 0.4) is 0 Å². The van der Waals surface area contributed by atoms with Crippen molar-refractivity contribution in [3.05, 3.63) is 35.9 Å². The predicted molar refractivity (Wildman–Crippen MR) is 123 cm³/mol. The molecule has 2 N–H and O–H groups in total. The quantitative estimate of drug-likeness (QED) is 0.257. The minimum Gasteiger partial charge on any atom is -0.466 e. The van der Waals surface area contributed by atoms with Gasteiger partial charge in [0.2, 0.25) is 0 Å². The second kappa shape index (κ2) is 12.6. The Hall–Kier alpha value is -2.41. The molecule has 7 nitrogen and oxygen atoms in total. The van der Waals surface area contributed by atoms with Crippen LogP contribution in [0.25, 0.3) is 0 Å². The van der Waals surface area contributed by atoms with Crippen LogP contribution in [0.15, 0.2) is 30.3 Å². The van der Waals surface area contributed by atoms with Crippen molar-refractivity contribution in [2.75, 3.05) is 13.2 Å². The average molecular weight is 447 g/mol. The van der Waals surface area contributed by atoms with Gasteiger partial charge < -0.3 is 14.7 Å². The molecule has 0 aromatic heterocycles. The van der Waals surface area contributed by atoms with Crippen LogP contribution in [0.4, 0.5) is 4.79 Å². The minimum absolute atomic E-state index is 0.173. The third kappa shape index (κ3) is 7.93. The Morgan fingerprint density at radius 1 is 1.16 bits per heavy atom. The molecule has 1 heterocycles. The maximum atomic E-state index is 12.3. The molecule has 178 valence electrons. The first-order chi connectivity index (χ1) is 15.2. The zero-order valence-electron chi connectivity index (χ0n) is 19.6. The molecule has 1 fully saturated rings. The lowest BCUT2D eigenvalue weighted by atomic mass is 9.79. The molecule has 0 saturated carbocycles. The molecule has 2 unspecified atom stereocenters. The molecule has 2 rings (SSSR count). The fraction of sp³-hybridized carbons (Fsp3) is 0.640. The number of nitrogens with one attached hydrogen (secondary N) is 1. The van der Waals surface area contributed by atoms with Crippen molar-refractivity contribution in [1.29, 1.82) is 0 Å². The fourth-order valence-corrected chi connectivity index (χ4v) is 4.17. The molecule has 7 heteroatoms. The molecule has 1 aromatic carbocycles. The lowest BCUT2D eigenvalue weighted by Gasteiger charge is -2.32. The molecule has 2 atom stereocenters. The lowest BCUT2D eigenvalue weighted by Crippen LogP contribution is -2.40. The number of aliphatic hydroxyl groups is 1. The number of rotatable bonds is 14. The van der Waals surface area contributed by atoms with Gasteiger partial charge in [0.25, 0.3) is 5.91 Å². The summed E-state index contributed by atoms with van der Waals surface area (Å²) in [4.78, 5) is 37.5. The van der Waals surface area contributed by atoms with E-state index in [4.69, 9.17) is 4.74 Å². The predicted octanol–water partition coefficient (Wildman–Crippen LogP) is 3.83. The van der Waals surface area contributed by atoms with Gasteiger partial charge in [-0.1, -0.05) is 63.4 Å². The number of carbonyl (C=O) groups excluding carboxylic acids is 3. The Balaban J connectivity index is 1.78. The molecule has 1 aliphatic rings. The number of aliphatic hydroxyl groups excluding tert-OH is 1. The number of hydrogen-bond donors (Lipinski definition) is 2. The van der Waals surface area contributed by atoms with E-state index in [1.807, 2.05) is 44.2 Å². The van der Waals surface area contributed by atoms with E-state index in [1.165, 1.54) is 0 Å². The van der Waals surface area contributed by atoms with Crippen LogP contribution in [-0.2, 0) is 20.7 Å². The summed E-state index contributed by atoms with van der Waals surface area (Å²) >= 11 is 0. The van der Waals surface area contributed by atoms with Crippen molar-refractivity contribution in [2.45, 2.75) is 84.3 Å². The number of unbranched alkanes of at least 4 members (excludes halogenated alkanes) is 3. The first kappa shape index (κ1) is 25.8. The highest BCUT2D eigenvalue weighted by Crippen LogP contribution is 2.29. The smallest absolute Gasteiger partial charge is 0.324 e. The van der Waals surface area contributed by atoms with E-state index < -0.39 is 12.1 Å². The van der Waals surface area contributed by atoms with Gasteiger partial charge >= 0.3 is 12.0 Å². The van der Waals surface area contributed by atoms with Gasteiger partial charge in [0, 0.05) is 13.0 Å². The highest BCUT2D eigenvalue weighted by Gasteiger charge is 2.38. The van der Waals surface area contributed by atoms with E-state index in [0.29, 0.717) is 32.4 Å². The number of carbonyl (C=O) groups is 3. The molecule has 1 aromatic rings. The summed E-state index contributed by atoms with van der Waals surface area (Å²) in [5.41, 5.74) is 0.808. The first-order valence-corrected chi connectivity index (χ1v) is 11.7. The van der Waals surface area contributed by atoms with Crippen LogP contribution >= 0.6 is 0 Å². The second-order valence-electron chi connectivity index (χ2n) is 9.22. The highest BCUT2D eigenvalue weighted by atomic mass is 16.5. The van der Waals surface area contributed by atoms with Crippen LogP contribution in [-0.4, -0.2) is 53.2 Å². The lowest BCUT2D eigenvalue weighted by molar-refractivity contribution is -0.143. The second-order valence-corrected chi connectivity index (χ2v) is 9.22. The minimum atomic E-state index is -0.602. The molecule has 0 radical (unpaired) electrons. The molecule has 0 bridgehead atoms. The molecule has 32 heavy (non-hydrogen) atoms. The highest BCUT2D eigenvalue weighted by molar-refractivity contribution is 6.04. The summed E-state index contributed by atoms with van der Waals surface area (Å²) in [7, 11) is 0. The topological polar surface area (TPSA) is 95.9 Å². The summed E-state index contributed by atoms with van der Waals surface area (Å²) in [6, 6.07) is 9.16. The largest absolute Gasteiger partial charge is 0.466 e. The number of imide groups is 1. The van der Waals surface area contributed by atoms with Crippen molar-refractivity contribution in [1.82, 2.24) is 10.2 Å². The van der Waals surface area contributed by atoms with Crippen molar-refractivity contribution in [2.24, 2.45) is 5.41 Å². The van der Waals surface area contributed by atoms with Gasteiger partial charge in [-0.15, -0.1) is 0 Å². The van der Waals surface area contributed by atoms with Gasteiger partial charge in [0.05, 0.1) is 12.7 Å². The van der Waals surface area contributed by atoms with E-state index in [1.54, 1.807) is 11.8 Å². The number of amides is 3. The number of ether oxygens (including phenoxy) is 1. The van der Waals surface area contributed by atoms with Gasteiger partial charge in [-0.3, -0.25) is 14.9 Å². The maximum Gasteiger partial charge on any atom is 0.324 e. The molecule has 0 aliphatic carbocycles. The van der Waals surface area contributed by atoms with Crippen LogP contribution in [0.5, 0.6) is 0 Å². The summed E-state index contributed by atoms with van der Waals surface area (Å²) in [5.74, 6) is -0.437. The number of hydrogen-bond acceptors (Lipinski definition) is 5. The Morgan fingerprint density at radius 2 is 1.84 bits per heavy atom. The summed E-state index contributed by atoms with van der Waals surface area (Å²) < 4.78 is 4.92. The number of benzene rings is 1. The van der Waals surface area contributed by atoms with Crippen LogP contribution in [0.2, 0.25) is 0 Å². The Morgan fingerprint density at radius 3 is 2.53 bits per heavy atom. The summed E-state index contributed by atoms with van der Waals surface area (Å²) in [6.45, 7) is 6.57. The summed E-state index contributed by atoms with van der Waals surface area (Å²) in [6.07, 6.45) is 4.87. The SMILES string of the molecule is CCOC(=O)CCCCCCC1C(=O)NC(=O)N1CCC(O)C(C)(C)Cc1ccccc1. The van der Waals surface area contributed by atoms with Gasteiger partial charge in [0.15, 0.2) is 0 Å². The fourth-order valence-electron chi connectivity index (χ4n) is 4.17. The van der Waals surface area contributed by atoms with Gasteiger partial charge in [-0.2, -0.15) is 0 Å². The zero-order valence-corrected chi connectivity index (χ0v) is 19.6. The molecule has 1 saturated heterocycles. The van der Waals surface area contributed by atoms with E-state index >= 15 is 0 Å². The van der Waals surface area contributed by atoms with E-state index in [-0.39, 0.29) is 23.3 Å². The Kier molecular flexibility index (Phi) is 10.2. The standard InChI is InChI=1S/C25H38N2O5/c1-4-32-22(29)15-11-6-5-10-14-20-23(30)26-24(31)27(20)17-16-21(28)25(2,3)18-19-12-8-7-9-13-19/h7-9,12-13,20-21,28H,4-6,10-11,14-18H2,1-3H3,(H,26,30,31). The zero-order chi connectivity index (χ0) is 23.6. The number of urea groups is 1. The molecule has 3 amide bonds. The Labute approximate surface area is 191 Å². The van der Waals surface area contributed by atoms with Crippen molar-refractivity contribution >= 4 is 17.9 Å². The van der Waals surface area contributed by atoms with Crippen molar-refractivity contribution in [3.8, 4) is 0 Å². The van der Waals surface area contributed by atoms with Crippen molar-refractivity contribution < 1.29 is 24.2 Å². The third-order valence-electron chi connectivity index (χ3n) is 6.13. The average Bonchev–Trinajstić information content (AvgIpc) is 3.01. The van der Waals surface area contributed by atoms with E-state index in [0.717, 1.165) is 37.7 Å². The Bertz CT molecular complexity index is 750. The van der Waals surface area contributed by atoms with Crippen molar-refractivity contribution in [3.63, 3.8) is 0 Å². The van der Waals surface area contributed by atoms with Gasteiger partial charge in [-0.25, -0.2) is 4.79 Å². The maximum absolute atomic E-state index is 12.3. The van der Waals surface area contributed by atoms with Crippen LogP contribution in [0.1, 0.15) is 71.3 Å². The molecular weight excluding hydrogens is 408 g/mol. The number of nitrogens with zero attached hydrogens (tertiary/aromatic N) is 1. The first-order valence-electron chi connectivity index (χ1n) is 11.7. The van der Waals surface area contributed by atoms with Gasteiger partial charge in [0.1, 0.15) is 6.04 Å². The summed E-state index contributed by atoms with van der Waals surface area (Å²) in [5, 5.41) is 13.2. The monoisotopic (exact) mass is 446 g/mol. The molecular formula is C25H38N2O5. The van der Waals surface area contributed by atoms with Crippen LogP contribution in [0, 0.1) is 5.41 Å². The normalized spacial score (nSPS) is 17.4.